The highest BCUT2D eigenvalue weighted by atomic mass is 16.5. The average Bonchev–Trinajstić information content (AvgIpc) is 2.98. The largest absolute Gasteiger partial charge is 0.465 e. The van der Waals surface area contributed by atoms with E-state index in [1.807, 2.05) is 6.92 Å². The number of carbonyl (C=O) groups excluding carboxylic acids is 1. The van der Waals surface area contributed by atoms with Crippen LogP contribution in [0.25, 0.3) is 0 Å². The van der Waals surface area contributed by atoms with E-state index in [0.29, 0.717) is 12.0 Å². The molecular weight excluding hydrogens is 264 g/mol. The molecule has 2 saturated carbocycles. The van der Waals surface area contributed by atoms with Gasteiger partial charge in [0.15, 0.2) is 0 Å². The summed E-state index contributed by atoms with van der Waals surface area (Å²) < 4.78 is 5.49. The molecule has 3 rings (SSSR count). The van der Waals surface area contributed by atoms with Crippen molar-refractivity contribution in [2.45, 2.75) is 63.8 Å². The van der Waals surface area contributed by atoms with Gasteiger partial charge < -0.3 is 10.1 Å². The number of esters is 1. The summed E-state index contributed by atoms with van der Waals surface area (Å²) in [5.41, 5.74) is 0.232. The van der Waals surface area contributed by atoms with Crippen LogP contribution in [0.3, 0.4) is 0 Å². The molecule has 1 N–H and O–H groups in total. The predicted octanol–water partition coefficient (Wildman–Crippen LogP) is 2.33. The van der Waals surface area contributed by atoms with Crippen molar-refractivity contribution in [1.29, 1.82) is 0 Å². The minimum absolute atomic E-state index is 0.0414. The Morgan fingerprint density at radius 2 is 1.67 bits per heavy atom. The zero-order valence-corrected chi connectivity index (χ0v) is 13.5. The monoisotopic (exact) mass is 294 g/mol. The molecule has 1 aliphatic heterocycles. The lowest BCUT2D eigenvalue weighted by molar-refractivity contribution is -0.163. The first-order valence-corrected chi connectivity index (χ1v) is 8.84. The van der Waals surface area contributed by atoms with Crippen LogP contribution in [0.15, 0.2) is 0 Å². The first-order chi connectivity index (χ1) is 10.2. The molecule has 0 aromatic rings. The minimum Gasteiger partial charge on any atom is -0.465 e. The van der Waals surface area contributed by atoms with Crippen molar-refractivity contribution in [3.05, 3.63) is 0 Å². The number of nitrogens with one attached hydrogen (secondary N) is 1. The van der Waals surface area contributed by atoms with Gasteiger partial charge in [-0.15, -0.1) is 0 Å². The molecule has 0 aromatic carbocycles. The van der Waals surface area contributed by atoms with Gasteiger partial charge in [0, 0.05) is 26.2 Å². The van der Waals surface area contributed by atoms with Crippen LogP contribution >= 0.6 is 0 Å². The molecule has 0 amide bonds. The number of ether oxygens (including phenoxy) is 1. The van der Waals surface area contributed by atoms with E-state index in [4.69, 9.17) is 4.74 Å². The molecule has 0 unspecified atom stereocenters. The van der Waals surface area contributed by atoms with Gasteiger partial charge in [-0.3, -0.25) is 9.69 Å². The summed E-state index contributed by atoms with van der Waals surface area (Å²) in [4.78, 5) is 15.2. The second-order valence-electron chi connectivity index (χ2n) is 7.20. The lowest BCUT2D eigenvalue weighted by atomic mass is 9.65. The third-order valence-corrected chi connectivity index (χ3v) is 6.18. The van der Waals surface area contributed by atoms with Crippen molar-refractivity contribution in [2.75, 3.05) is 32.8 Å². The summed E-state index contributed by atoms with van der Waals surface area (Å²) >= 11 is 0. The Bertz CT molecular complexity index is 361. The molecule has 3 fully saturated rings. The molecule has 0 aromatic heterocycles. The first-order valence-electron chi connectivity index (χ1n) is 8.84. The summed E-state index contributed by atoms with van der Waals surface area (Å²) in [5, 5.41) is 3.40. The maximum Gasteiger partial charge on any atom is 0.326 e. The second-order valence-corrected chi connectivity index (χ2v) is 7.20. The van der Waals surface area contributed by atoms with Crippen LogP contribution in [0.1, 0.15) is 58.3 Å². The van der Waals surface area contributed by atoms with E-state index in [-0.39, 0.29) is 11.5 Å². The Hall–Kier alpha value is -0.610. The molecule has 0 radical (unpaired) electrons. The molecule has 21 heavy (non-hydrogen) atoms. The standard InChI is InChI=1S/C17H30N2O2/c1-2-21-15(20)17(19-13-11-18-12-14-19)9-7-16(8-10-17)5-3-4-6-16/h18H,2-14H2,1H3. The highest BCUT2D eigenvalue weighted by Crippen LogP contribution is 2.52. The van der Waals surface area contributed by atoms with Crippen LogP contribution in [0, 0.1) is 5.41 Å². The predicted molar refractivity (Wildman–Crippen MR) is 83.2 cm³/mol. The maximum absolute atomic E-state index is 12.7. The fourth-order valence-corrected chi connectivity index (χ4v) is 4.83. The van der Waals surface area contributed by atoms with Gasteiger partial charge in [0.1, 0.15) is 5.54 Å². The molecule has 2 aliphatic carbocycles. The number of rotatable bonds is 3. The Morgan fingerprint density at radius 1 is 1.05 bits per heavy atom. The van der Waals surface area contributed by atoms with Gasteiger partial charge in [0.05, 0.1) is 6.61 Å². The molecule has 1 heterocycles. The van der Waals surface area contributed by atoms with Gasteiger partial charge in [-0.25, -0.2) is 0 Å². The highest BCUT2D eigenvalue weighted by molar-refractivity contribution is 5.81. The van der Waals surface area contributed by atoms with Crippen LogP contribution in [-0.4, -0.2) is 49.2 Å². The molecular formula is C17H30N2O2. The Morgan fingerprint density at radius 3 is 2.24 bits per heavy atom. The molecule has 4 heteroatoms. The van der Waals surface area contributed by atoms with Crippen LogP contribution < -0.4 is 5.32 Å². The lowest BCUT2D eigenvalue weighted by Crippen LogP contribution is -2.62. The molecule has 0 bridgehead atoms. The van der Waals surface area contributed by atoms with E-state index in [2.05, 4.69) is 10.2 Å². The summed E-state index contributed by atoms with van der Waals surface area (Å²) in [6, 6.07) is 0. The molecule has 1 spiro atoms. The van der Waals surface area contributed by atoms with Crippen LogP contribution in [-0.2, 0) is 9.53 Å². The quantitative estimate of drug-likeness (QED) is 0.811. The number of nitrogens with zero attached hydrogens (tertiary/aromatic N) is 1. The van der Waals surface area contributed by atoms with E-state index in [0.717, 1.165) is 39.0 Å². The van der Waals surface area contributed by atoms with Crippen molar-refractivity contribution in [3.63, 3.8) is 0 Å². The second kappa shape index (κ2) is 6.25. The van der Waals surface area contributed by atoms with E-state index in [1.54, 1.807) is 0 Å². The lowest BCUT2D eigenvalue weighted by Gasteiger charge is -2.50. The van der Waals surface area contributed by atoms with Gasteiger partial charge >= 0.3 is 5.97 Å². The summed E-state index contributed by atoms with van der Waals surface area (Å²) in [7, 11) is 0. The zero-order valence-electron chi connectivity index (χ0n) is 13.5. The molecule has 0 atom stereocenters. The van der Waals surface area contributed by atoms with Gasteiger partial charge in [-0.2, -0.15) is 0 Å². The molecule has 1 saturated heterocycles. The normalized spacial score (nSPS) is 28.6. The Kier molecular flexibility index (Phi) is 4.55. The number of piperazine rings is 1. The summed E-state index contributed by atoms with van der Waals surface area (Å²) in [5.74, 6) is 0.0414. The van der Waals surface area contributed by atoms with E-state index >= 15 is 0 Å². The van der Waals surface area contributed by atoms with E-state index < -0.39 is 0 Å². The Balaban J connectivity index is 1.75. The summed E-state index contributed by atoms with van der Waals surface area (Å²) in [6.45, 7) is 6.36. The molecule has 3 aliphatic rings. The minimum atomic E-state index is -0.327. The van der Waals surface area contributed by atoms with Crippen molar-refractivity contribution in [2.24, 2.45) is 5.41 Å². The van der Waals surface area contributed by atoms with E-state index in [1.165, 1.54) is 38.5 Å². The zero-order chi connectivity index (χ0) is 14.8. The van der Waals surface area contributed by atoms with Crippen LogP contribution in [0.2, 0.25) is 0 Å². The smallest absolute Gasteiger partial charge is 0.326 e. The van der Waals surface area contributed by atoms with Crippen LogP contribution in [0.4, 0.5) is 0 Å². The molecule has 4 nitrogen and oxygen atoms in total. The van der Waals surface area contributed by atoms with Gasteiger partial charge in [-0.1, -0.05) is 12.8 Å². The number of carbonyl (C=O) groups is 1. The number of hydrogen-bond acceptors (Lipinski definition) is 4. The Labute approximate surface area is 128 Å². The van der Waals surface area contributed by atoms with Gasteiger partial charge in [0.2, 0.25) is 0 Å². The third-order valence-electron chi connectivity index (χ3n) is 6.18. The van der Waals surface area contributed by atoms with Crippen molar-refractivity contribution >= 4 is 5.97 Å². The van der Waals surface area contributed by atoms with Gasteiger partial charge in [-0.05, 0) is 50.9 Å². The van der Waals surface area contributed by atoms with Crippen molar-refractivity contribution in [1.82, 2.24) is 10.2 Å². The highest BCUT2D eigenvalue weighted by Gasteiger charge is 2.51. The topological polar surface area (TPSA) is 41.6 Å². The van der Waals surface area contributed by atoms with Crippen molar-refractivity contribution < 1.29 is 9.53 Å². The SMILES string of the molecule is CCOC(=O)C1(N2CCNCC2)CCC2(CCCC2)CC1. The fraction of sp³-hybridized carbons (Fsp3) is 0.941. The fourth-order valence-electron chi connectivity index (χ4n) is 4.83. The average molecular weight is 294 g/mol. The summed E-state index contributed by atoms with van der Waals surface area (Å²) in [6.07, 6.45) is 9.99. The number of hydrogen-bond donors (Lipinski definition) is 1. The van der Waals surface area contributed by atoms with Crippen LogP contribution in [0.5, 0.6) is 0 Å². The molecule has 120 valence electrons. The first kappa shape index (κ1) is 15.3. The maximum atomic E-state index is 12.7. The van der Waals surface area contributed by atoms with E-state index in [9.17, 15) is 4.79 Å². The third kappa shape index (κ3) is 2.85. The van der Waals surface area contributed by atoms with Crippen molar-refractivity contribution in [3.8, 4) is 0 Å². The van der Waals surface area contributed by atoms with Gasteiger partial charge in [0.25, 0.3) is 0 Å².